The number of carbonyl (C=O) groups is 1. The van der Waals surface area contributed by atoms with Gasteiger partial charge in [0.25, 0.3) is 5.91 Å². The minimum absolute atomic E-state index is 0.230. The third-order valence-corrected chi connectivity index (χ3v) is 2.62. The predicted molar refractivity (Wildman–Crippen MR) is 65.2 cm³/mol. The molecule has 1 aromatic carbocycles. The Morgan fingerprint density at radius 3 is 2.75 bits per heavy atom. The fraction of sp³-hybridized carbons (Fsp3) is 0.0909. The monoisotopic (exact) mass is 279 g/mol. The van der Waals surface area contributed by atoms with Crippen LogP contribution in [-0.4, -0.2) is 15.7 Å². The van der Waals surface area contributed by atoms with Gasteiger partial charge in [0.2, 0.25) is 0 Å². The molecule has 82 valence electrons. The van der Waals surface area contributed by atoms with Gasteiger partial charge < -0.3 is 5.73 Å². The van der Waals surface area contributed by atoms with Crippen molar-refractivity contribution < 1.29 is 4.79 Å². The number of anilines is 1. The fourth-order valence-corrected chi connectivity index (χ4v) is 1.83. The summed E-state index contributed by atoms with van der Waals surface area (Å²) in [6.07, 6.45) is 0. The smallest absolute Gasteiger partial charge is 0.280 e. The van der Waals surface area contributed by atoms with E-state index in [0.717, 1.165) is 10.2 Å². The van der Waals surface area contributed by atoms with Gasteiger partial charge in [-0.05, 0) is 25.1 Å². The van der Waals surface area contributed by atoms with E-state index in [9.17, 15) is 4.79 Å². The quantitative estimate of drug-likeness (QED) is 0.871. The lowest BCUT2D eigenvalue weighted by atomic mass is 10.2. The van der Waals surface area contributed by atoms with Crippen LogP contribution in [0.5, 0.6) is 0 Å². The third-order valence-electron chi connectivity index (χ3n) is 2.12. The molecule has 5 heteroatoms. The highest BCUT2D eigenvalue weighted by molar-refractivity contribution is 9.10. The highest BCUT2D eigenvalue weighted by Gasteiger charge is 2.13. The highest BCUT2D eigenvalue weighted by atomic mass is 79.9. The van der Waals surface area contributed by atoms with Crippen molar-refractivity contribution >= 4 is 27.7 Å². The van der Waals surface area contributed by atoms with Crippen LogP contribution in [0, 0.1) is 6.92 Å². The molecule has 0 spiro atoms. The van der Waals surface area contributed by atoms with Gasteiger partial charge in [0.15, 0.2) is 0 Å². The topological polar surface area (TPSA) is 60.9 Å². The summed E-state index contributed by atoms with van der Waals surface area (Å²) in [7, 11) is 0. The summed E-state index contributed by atoms with van der Waals surface area (Å²) in [4.78, 5) is 12.0. The van der Waals surface area contributed by atoms with E-state index >= 15 is 0 Å². The summed E-state index contributed by atoms with van der Waals surface area (Å²) in [6.45, 7) is 1.79. The fourth-order valence-electron chi connectivity index (χ4n) is 1.43. The second-order valence-electron chi connectivity index (χ2n) is 3.44. The molecule has 0 bridgehead atoms. The molecule has 0 amide bonds. The molecule has 0 saturated carbocycles. The number of hydrogen-bond donors (Lipinski definition) is 1. The van der Waals surface area contributed by atoms with Crippen molar-refractivity contribution in [2.24, 2.45) is 0 Å². The van der Waals surface area contributed by atoms with E-state index in [0.29, 0.717) is 11.4 Å². The van der Waals surface area contributed by atoms with E-state index in [2.05, 4.69) is 21.0 Å². The lowest BCUT2D eigenvalue weighted by Gasteiger charge is -2.02. The van der Waals surface area contributed by atoms with Crippen molar-refractivity contribution in [3.63, 3.8) is 0 Å². The average Bonchev–Trinajstić information content (AvgIpc) is 2.57. The molecule has 1 aromatic heterocycles. The number of carbonyl (C=O) groups excluding carboxylic acids is 1. The number of aryl methyl sites for hydroxylation is 1. The van der Waals surface area contributed by atoms with Crippen molar-refractivity contribution in [3.05, 3.63) is 46.1 Å². The molecule has 2 rings (SSSR count). The number of nitrogen functional groups attached to an aromatic ring is 1. The molecule has 0 fully saturated rings. The first-order valence-electron chi connectivity index (χ1n) is 4.70. The van der Waals surface area contributed by atoms with Crippen molar-refractivity contribution in [1.29, 1.82) is 0 Å². The van der Waals surface area contributed by atoms with Gasteiger partial charge in [-0.3, -0.25) is 4.79 Å². The number of halogens is 1. The van der Waals surface area contributed by atoms with E-state index in [1.807, 2.05) is 6.07 Å². The zero-order valence-corrected chi connectivity index (χ0v) is 10.2. The maximum atomic E-state index is 12.0. The lowest BCUT2D eigenvalue weighted by Crippen LogP contribution is -2.16. The van der Waals surface area contributed by atoms with Gasteiger partial charge in [0.1, 0.15) is 5.82 Å². The van der Waals surface area contributed by atoms with Crippen LogP contribution in [0.4, 0.5) is 5.82 Å². The summed E-state index contributed by atoms with van der Waals surface area (Å²) >= 11 is 3.31. The van der Waals surface area contributed by atoms with E-state index in [1.54, 1.807) is 31.2 Å². The molecule has 2 aromatic rings. The molecule has 16 heavy (non-hydrogen) atoms. The van der Waals surface area contributed by atoms with Gasteiger partial charge in [0, 0.05) is 16.1 Å². The van der Waals surface area contributed by atoms with Crippen molar-refractivity contribution in [2.75, 3.05) is 5.73 Å². The third kappa shape index (κ3) is 1.99. The lowest BCUT2D eigenvalue weighted by molar-refractivity contribution is 0.0947. The standard InChI is InChI=1S/C11H10BrN3O/c1-7-5-10(13)15(14-7)11(16)8-3-2-4-9(12)6-8/h2-6H,13H2,1H3. The van der Waals surface area contributed by atoms with Gasteiger partial charge in [-0.2, -0.15) is 9.78 Å². The van der Waals surface area contributed by atoms with Gasteiger partial charge in [-0.25, -0.2) is 0 Å². The molecule has 4 nitrogen and oxygen atoms in total. The average molecular weight is 280 g/mol. The Hall–Kier alpha value is -1.62. The Morgan fingerprint density at radius 2 is 2.19 bits per heavy atom. The Bertz CT molecular complexity index is 548. The number of aromatic nitrogens is 2. The van der Waals surface area contributed by atoms with Gasteiger partial charge in [0.05, 0.1) is 5.69 Å². The van der Waals surface area contributed by atoms with Crippen LogP contribution in [0.25, 0.3) is 0 Å². The zero-order chi connectivity index (χ0) is 11.7. The molecular formula is C11H10BrN3O. The summed E-state index contributed by atoms with van der Waals surface area (Å²) < 4.78 is 2.05. The number of hydrogen-bond acceptors (Lipinski definition) is 3. The largest absolute Gasteiger partial charge is 0.383 e. The zero-order valence-electron chi connectivity index (χ0n) is 8.64. The van der Waals surface area contributed by atoms with E-state index in [-0.39, 0.29) is 5.91 Å². The van der Waals surface area contributed by atoms with E-state index < -0.39 is 0 Å². The first-order valence-corrected chi connectivity index (χ1v) is 5.49. The summed E-state index contributed by atoms with van der Waals surface area (Å²) in [5, 5.41) is 4.04. The molecule has 0 aliphatic carbocycles. The molecular weight excluding hydrogens is 270 g/mol. The highest BCUT2D eigenvalue weighted by Crippen LogP contribution is 2.14. The second-order valence-corrected chi connectivity index (χ2v) is 4.35. The van der Waals surface area contributed by atoms with Gasteiger partial charge in [-0.15, -0.1) is 0 Å². The van der Waals surface area contributed by atoms with Crippen molar-refractivity contribution in [1.82, 2.24) is 9.78 Å². The van der Waals surface area contributed by atoms with Crippen LogP contribution in [0.1, 0.15) is 16.1 Å². The maximum absolute atomic E-state index is 12.0. The summed E-state index contributed by atoms with van der Waals surface area (Å²) in [6, 6.07) is 8.77. The van der Waals surface area contributed by atoms with Crippen LogP contribution in [0.3, 0.4) is 0 Å². The second kappa shape index (κ2) is 4.09. The first-order chi connectivity index (χ1) is 7.58. The molecule has 0 atom stereocenters. The van der Waals surface area contributed by atoms with Gasteiger partial charge in [-0.1, -0.05) is 22.0 Å². The maximum Gasteiger partial charge on any atom is 0.280 e. The molecule has 0 aliphatic heterocycles. The number of nitrogens with two attached hydrogens (primary N) is 1. The number of benzene rings is 1. The molecule has 2 N–H and O–H groups in total. The minimum Gasteiger partial charge on any atom is -0.383 e. The SMILES string of the molecule is Cc1cc(N)n(C(=O)c2cccc(Br)c2)n1. The minimum atomic E-state index is -0.230. The summed E-state index contributed by atoms with van der Waals surface area (Å²) in [5.74, 6) is 0.120. The predicted octanol–water partition coefficient (Wildman–Crippen LogP) is 2.22. The Balaban J connectivity index is 2.43. The number of nitrogens with zero attached hydrogens (tertiary/aromatic N) is 2. The molecule has 0 saturated heterocycles. The Kier molecular flexibility index (Phi) is 2.78. The molecule has 0 unspecified atom stereocenters. The van der Waals surface area contributed by atoms with Crippen LogP contribution in [0.2, 0.25) is 0 Å². The molecule has 1 heterocycles. The molecule has 0 radical (unpaired) electrons. The van der Waals surface area contributed by atoms with E-state index in [4.69, 9.17) is 5.73 Å². The van der Waals surface area contributed by atoms with Crippen LogP contribution in [-0.2, 0) is 0 Å². The van der Waals surface area contributed by atoms with Crippen LogP contribution < -0.4 is 5.73 Å². The first kappa shape index (κ1) is 10.9. The van der Waals surface area contributed by atoms with Crippen molar-refractivity contribution in [3.8, 4) is 0 Å². The van der Waals surface area contributed by atoms with E-state index in [1.165, 1.54) is 4.68 Å². The number of rotatable bonds is 1. The van der Waals surface area contributed by atoms with Crippen molar-refractivity contribution in [2.45, 2.75) is 6.92 Å². The molecule has 0 aliphatic rings. The Labute approximate surface area is 101 Å². The Morgan fingerprint density at radius 1 is 1.44 bits per heavy atom. The normalized spacial score (nSPS) is 10.4. The summed E-state index contributed by atoms with van der Waals surface area (Å²) in [5.41, 5.74) is 6.95. The van der Waals surface area contributed by atoms with Gasteiger partial charge >= 0.3 is 0 Å². The van der Waals surface area contributed by atoms with Crippen LogP contribution >= 0.6 is 15.9 Å². The van der Waals surface area contributed by atoms with Crippen LogP contribution in [0.15, 0.2) is 34.8 Å².